The Labute approximate surface area is 170 Å². The first-order chi connectivity index (χ1) is 13.8. The monoisotopic (exact) mass is 397 g/mol. The van der Waals surface area contributed by atoms with Gasteiger partial charge in [0.1, 0.15) is 0 Å². The lowest BCUT2D eigenvalue weighted by Crippen LogP contribution is -2.46. The Hall–Kier alpha value is -2.96. The Kier molecular flexibility index (Phi) is 6.15. The second kappa shape index (κ2) is 8.59. The number of benzene rings is 1. The van der Waals surface area contributed by atoms with Gasteiger partial charge in [-0.25, -0.2) is 9.59 Å². The van der Waals surface area contributed by atoms with Gasteiger partial charge in [-0.05, 0) is 57.6 Å². The number of amides is 3. The summed E-state index contributed by atoms with van der Waals surface area (Å²) in [5, 5.41) is 5.48. The van der Waals surface area contributed by atoms with Gasteiger partial charge in [0.05, 0.1) is 11.1 Å². The van der Waals surface area contributed by atoms with Crippen molar-refractivity contribution in [1.29, 1.82) is 0 Å². The molecular formula is C22H27N3O4. The molecule has 29 heavy (non-hydrogen) atoms. The zero-order chi connectivity index (χ0) is 21.1. The molecule has 1 aromatic carbocycles. The molecule has 0 radical (unpaired) electrons. The van der Waals surface area contributed by atoms with Crippen LogP contribution in [0.2, 0.25) is 0 Å². The molecule has 0 unspecified atom stereocenters. The van der Waals surface area contributed by atoms with Crippen LogP contribution >= 0.6 is 0 Å². The summed E-state index contributed by atoms with van der Waals surface area (Å²) in [4.78, 5) is 41.8. The van der Waals surface area contributed by atoms with Crippen LogP contribution in [0.15, 0.2) is 24.3 Å². The van der Waals surface area contributed by atoms with Crippen molar-refractivity contribution in [3.63, 3.8) is 0 Å². The van der Waals surface area contributed by atoms with E-state index in [-0.39, 0.29) is 6.04 Å². The highest BCUT2D eigenvalue weighted by atomic mass is 16.5. The normalized spacial score (nSPS) is 16.8. The zero-order valence-electron chi connectivity index (χ0n) is 17.2. The number of aromatic nitrogens is 1. The number of ether oxygens (including phenoxy) is 1. The molecule has 0 bridgehead atoms. The van der Waals surface area contributed by atoms with E-state index in [2.05, 4.69) is 17.6 Å². The van der Waals surface area contributed by atoms with E-state index in [9.17, 15) is 14.4 Å². The fourth-order valence-electron chi connectivity index (χ4n) is 3.58. The van der Waals surface area contributed by atoms with Crippen LogP contribution in [0.4, 0.5) is 4.79 Å². The standard InChI is InChI=1S/C22H27N3O4/c1-12(2)23-22(28)25-20(26)14(4)29-21(27)19-15-7-5-6-8-17(15)24-18-10-9-13(3)11-16(18)19/h5-8,12-14H,9-11H2,1-4H3,(H2,23,25,26,28)/t13-,14+/m1/s1. The van der Waals surface area contributed by atoms with E-state index < -0.39 is 24.0 Å². The summed E-state index contributed by atoms with van der Waals surface area (Å²) < 4.78 is 5.45. The fourth-order valence-corrected chi connectivity index (χ4v) is 3.58. The number of carbonyl (C=O) groups excluding carboxylic acids is 3. The first-order valence-electron chi connectivity index (χ1n) is 9.99. The van der Waals surface area contributed by atoms with Gasteiger partial charge in [-0.1, -0.05) is 25.1 Å². The molecule has 2 atom stereocenters. The third kappa shape index (κ3) is 4.72. The number of nitrogens with one attached hydrogen (secondary N) is 2. The van der Waals surface area contributed by atoms with Gasteiger partial charge in [-0.15, -0.1) is 0 Å². The lowest BCUT2D eigenvalue weighted by atomic mass is 9.84. The van der Waals surface area contributed by atoms with Crippen LogP contribution in [0.1, 0.15) is 55.7 Å². The predicted octanol–water partition coefficient (Wildman–Crippen LogP) is 3.14. The highest BCUT2D eigenvalue weighted by Gasteiger charge is 2.28. The largest absolute Gasteiger partial charge is 0.449 e. The van der Waals surface area contributed by atoms with E-state index in [0.29, 0.717) is 11.5 Å². The van der Waals surface area contributed by atoms with Crippen LogP contribution in [0.25, 0.3) is 10.9 Å². The summed E-state index contributed by atoms with van der Waals surface area (Å²) >= 11 is 0. The average Bonchev–Trinajstić information content (AvgIpc) is 2.65. The number of pyridine rings is 1. The van der Waals surface area contributed by atoms with Crippen LogP contribution in [-0.4, -0.2) is 35.0 Å². The van der Waals surface area contributed by atoms with Crippen molar-refractivity contribution >= 4 is 28.8 Å². The van der Waals surface area contributed by atoms with E-state index in [1.54, 1.807) is 13.8 Å². The van der Waals surface area contributed by atoms with E-state index in [1.807, 2.05) is 24.3 Å². The highest BCUT2D eigenvalue weighted by molar-refractivity contribution is 6.06. The van der Waals surface area contributed by atoms with Crippen LogP contribution in [-0.2, 0) is 22.4 Å². The maximum atomic E-state index is 13.1. The molecule has 3 amide bonds. The molecule has 2 N–H and O–H groups in total. The van der Waals surface area contributed by atoms with Crippen molar-refractivity contribution in [3.8, 4) is 0 Å². The quantitative estimate of drug-likeness (QED) is 0.773. The molecule has 3 rings (SSSR count). The number of para-hydroxylation sites is 1. The molecule has 7 heteroatoms. The number of esters is 1. The van der Waals surface area contributed by atoms with Crippen LogP contribution in [0.3, 0.4) is 0 Å². The minimum Gasteiger partial charge on any atom is -0.449 e. The van der Waals surface area contributed by atoms with Crippen LogP contribution < -0.4 is 10.6 Å². The minimum atomic E-state index is -1.11. The molecule has 1 heterocycles. The summed E-state index contributed by atoms with van der Waals surface area (Å²) in [6.07, 6.45) is 1.47. The first-order valence-corrected chi connectivity index (χ1v) is 9.99. The molecule has 1 aliphatic rings. The van der Waals surface area contributed by atoms with Gasteiger partial charge in [0, 0.05) is 17.1 Å². The predicted molar refractivity (Wildman–Crippen MR) is 110 cm³/mol. The van der Waals surface area contributed by atoms with Crippen molar-refractivity contribution in [2.75, 3.05) is 0 Å². The van der Waals surface area contributed by atoms with E-state index in [1.165, 1.54) is 6.92 Å². The molecule has 154 valence electrons. The van der Waals surface area contributed by atoms with Gasteiger partial charge >= 0.3 is 12.0 Å². The zero-order valence-corrected chi connectivity index (χ0v) is 17.2. The number of urea groups is 1. The van der Waals surface area contributed by atoms with Crippen LogP contribution in [0, 0.1) is 5.92 Å². The Morgan fingerprint density at radius 2 is 1.90 bits per heavy atom. The third-order valence-corrected chi connectivity index (χ3v) is 5.02. The van der Waals surface area contributed by atoms with Crippen molar-refractivity contribution in [2.45, 2.75) is 59.1 Å². The molecule has 0 fully saturated rings. The molecule has 0 aliphatic heterocycles. The number of carbonyl (C=O) groups is 3. The number of rotatable bonds is 4. The Morgan fingerprint density at radius 1 is 1.17 bits per heavy atom. The molecule has 0 spiro atoms. The van der Waals surface area contributed by atoms with Gasteiger partial charge < -0.3 is 10.1 Å². The van der Waals surface area contributed by atoms with E-state index in [4.69, 9.17) is 9.72 Å². The Balaban J connectivity index is 1.86. The van der Waals surface area contributed by atoms with Gasteiger partial charge in [0.25, 0.3) is 5.91 Å². The summed E-state index contributed by atoms with van der Waals surface area (Å²) in [7, 11) is 0. The number of nitrogens with zero attached hydrogens (tertiary/aromatic N) is 1. The molecular weight excluding hydrogens is 370 g/mol. The number of hydrogen-bond donors (Lipinski definition) is 2. The summed E-state index contributed by atoms with van der Waals surface area (Å²) in [5.74, 6) is -0.796. The third-order valence-electron chi connectivity index (χ3n) is 5.02. The molecule has 1 aliphatic carbocycles. The van der Waals surface area contributed by atoms with Gasteiger partial charge in [0.15, 0.2) is 6.10 Å². The summed E-state index contributed by atoms with van der Waals surface area (Å²) in [5.41, 5.74) is 3.03. The summed E-state index contributed by atoms with van der Waals surface area (Å²) in [6, 6.07) is 6.72. The maximum absolute atomic E-state index is 13.1. The molecule has 1 aromatic heterocycles. The number of imide groups is 1. The molecule has 0 saturated heterocycles. The van der Waals surface area contributed by atoms with E-state index in [0.717, 1.165) is 41.4 Å². The van der Waals surface area contributed by atoms with Crippen LogP contribution in [0.5, 0.6) is 0 Å². The fraction of sp³-hybridized carbons (Fsp3) is 0.455. The number of fused-ring (bicyclic) bond motifs is 2. The van der Waals surface area contributed by atoms with Crippen molar-refractivity contribution in [1.82, 2.24) is 15.6 Å². The SMILES string of the molecule is CC(C)NC(=O)NC(=O)[C@H](C)OC(=O)c1c2c(nc3ccccc13)CC[C@@H](C)C2. The van der Waals surface area contributed by atoms with Gasteiger partial charge in [-0.2, -0.15) is 0 Å². The second-order valence-electron chi connectivity index (χ2n) is 7.94. The molecule has 2 aromatic rings. The molecule has 0 saturated carbocycles. The minimum absolute atomic E-state index is 0.114. The smallest absolute Gasteiger partial charge is 0.339 e. The topological polar surface area (TPSA) is 97.4 Å². The van der Waals surface area contributed by atoms with Crippen molar-refractivity contribution < 1.29 is 19.1 Å². The lowest BCUT2D eigenvalue weighted by Gasteiger charge is -2.24. The Bertz CT molecular complexity index is 954. The van der Waals surface area contributed by atoms with E-state index >= 15 is 0 Å². The van der Waals surface area contributed by atoms with Crippen molar-refractivity contribution in [3.05, 3.63) is 41.1 Å². The van der Waals surface area contributed by atoms with Gasteiger partial charge in [-0.3, -0.25) is 15.1 Å². The number of hydrogen-bond acceptors (Lipinski definition) is 5. The average molecular weight is 397 g/mol. The maximum Gasteiger partial charge on any atom is 0.339 e. The number of aryl methyl sites for hydroxylation is 1. The van der Waals surface area contributed by atoms with Crippen molar-refractivity contribution in [2.24, 2.45) is 5.92 Å². The lowest BCUT2D eigenvalue weighted by molar-refractivity contribution is -0.127. The highest BCUT2D eigenvalue weighted by Crippen LogP contribution is 2.32. The second-order valence-corrected chi connectivity index (χ2v) is 7.94. The Morgan fingerprint density at radius 3 is 2.62 bits per heavy atom. The summed E-state index contributed by atoms with van der Waals surface area (Å²) in [6.45, 7) is 7.17. The first kappa shape index (κ1) is 20.8. The molecule has 7 nitrogen and oxygen atoms in total. The van der Waals surface area contributed by atoms with Gasteiger partial charge in [0.2, 0.25) is 0 Å².